The van der Waals surface area contributed by atoms with E-state index in [1.165, 1.54) is 0 Å². The second-order valence-corrected chi connectivity index (χ2v) is 4.73. The van der Waals surface area contributed by atoms with E-state index >= 15 is 0 Å². The van der Waals surface area contributed by atoms with Crippen molar-refractivity contribution in [1.82, 2.24) is 10.3 Å². The fourth-order valence-electron chi connectivity index (χ4n) is 1.94. The lowest BCUT2D eigenvalue weighted by Crippen LogP contribution is -2.34. The third-order valence-electron chi connectivity index (χ3n) is 2.73. The zero-order valence-corrected chi connectivity index (χ0v) is 10.6. The third kappa shape index (κ3) is 3.89. The van der Waals surface area contributed by atoms with Gasteiger partial charge >= 0.3 is 0 Å². The van der Waals surface area contributed by atoms with Gasteiger partial charge in [-0.25, -0.2) is 0 Å². The Kier molecular flexibility index (Phi) is 4.20. The van der Waals surface area contributed by atoms with Crippen LogP contribution in [0.2, 0.25) is 0 Å². The molecular weight excluding hydrogens is 214 g/mol. The number of nitrogens with one attached hydrogen (secondary N) is 2. The number of rotatable bonds is 4. The van der Waals surface area contributed by atoms with Gasteiger partial charge in [-0.1, -0.05) is 6.07 Å². The molecule has 0 unspecified atom stereocenters. The Morgan fingerprint density at radius 1 is 1.35 bits per heavy atom. The molecule has 1 aliphatic heterocycles. The van der Waals surface area contributed by atoms with Gasteiger partial charge in [0.2, 0.25) is 5.88 Å². The molecule has 94 valence electrons. The van der Waals surface area contributed by atoms with Crippen molar-refractivity contribution in [2.24, 2.45) is 0 Å². The second kappa shape index (κ2) is 5.87. The van der Waals surface area contributed by atoms with E-state index in [0.717, 1.165) is 37.6 Å². The highest BCUT2D eigenvalue weighted by molar-refractivity contribution is 5.37. The highest BCUT2D eigenvalue weighted by Crippen LogP contribution is 2.16. The van der Waals surface area contributed by atoms with Crippen molar-refractivity contribution >= 4 is 5.82 Å². The lowest BCUT2D eigenvalue weighted by atomic mass is 10.1. The van der Waals surface area contributed by atoms with E-state index < -0.39 is 0 Å². The minimum Gasteiger partial charge on any atom is -0.474 e. The molecule has 0 bridgehead atoms. The number of piperidine rings is 1. The molecule has 0 amide bonds. The van der Waals surface area contributed by atoms with E-state index in [2.05, 4.69) is 29.5 Å². The Hall–Kier alpha value is -1.29. The SMILES string of the molecule is CC(C)Nc1cccc(OC2CCNCC2)n1. The van der Waals surface area contributed by atoms with Crippen LogP contribution in [-0.4, -0.2) is 30.2 Å². The first-order chi connectivity index (χ1) is 8.24. The van der Waals surface area contributed by atoms with Gasteiger partial charge in [-0.05, 0) is 45.8 Å². The van der Waals surface area contributed by atoms with E-state index in [4.69, 9.17) is 4.74 Å². The van der Waals surface area contributed by atoms with Crippen LogP contribution in [0.3, 0.4) is 0 Å². The van der Waals surface area contributed by atoms with Gasteiger partial charge in [-0.15, -0.1) is 0 Å². The topological polar surface area (TPSA) is 46.2 Å². The summed E-state index contributed by atoms with van der Waals surface area (Å²) >= 11 is 0. The summed E-state index contributed by atoms with van der Waals surface area (Å²) in [6.07, 6.45) is 2.42. The maximum absolute atomic E-state index is 5.89. The number of ether oxygens (including phenoxy) is 1. The molecular formula is C13H21N3O. The van der Waals surface area contributed by atoms with Gasteiger partial charge in [0.05, 0.1) is 0 Å². The zero-order valence-electron chi connectivity index (χ0n) is 10.6. The summed E-state index contributed by atoms with van der Waals surface area (Å²) in [5, 5.41) is 6.60. The van der Waals surface area contributed by atoms with Crippen LogP contribution in [0.4, 0.5) is 5.82 Å². The minimum absolute atomic E-state index is 0.304. The standard InChI is InChI=1S/C13H21N3O/c1-10(2)15-12-4-3-5-13(16-12)17-11-6-8-14-9-7-11/h3-5,10-11,14H,6-9H2,1-2H3,(H,15,16). The lowest BCUT2D eigenvalue weighted by Gasteiger charge is -2.23. The minimum atomic E-state index is 0.304. The van der Waals surface area contributed by atoms with Crippen LogP contribution in [0.1, 0.15) is 26.7 Å². The Morgan fingerprint density at radius 2 is 2.12 bits per heavy atom. The average Bonchev–Trinajstić information content (AvgIpc) is 2.30. The Balaban J connectivity index is 1.95. The molecule has 2 rings (SSSR count). The predicted molar refractivity (Wildman–Crippen MR) is 69.5 cm³/mol. The van der Waals surface area contributed by atoms with Crippen molar-refractivity contribution in [2.45, 2.75) is 38.8 Å². The van der Waals surface area contributed by atoms with Crippen LogP contribution in [0.5, 0.6) is 5.88 Å². The van der Waals surface area contributed by atoms with Crippen LogP contribution in [-0.2, 0) is 0 Å². The average molecular weight is 235 g/mol. The highest BCUT2D eigenvalue weighted by atomic mass is 16.5. The molecule has 0 radical (unpaired) electrons. The number of pyridine rings is 1. The highest BCUT2D eigenvalue weighted by Gasteiger charge is 2.14. The van der Waals surface area contributed by atoms with Crippen LogP contribution in [0.25, 0.3) is 0 Å². The van der Waals surface area contributed by atoms with Gasteiger partial charge in [0.25, 0.3) is 0 Å². The fraction of sp³-hybridized carbons (Fsp3) is 0.615. The van der Waals surface area contributed by atoms with E-state index in [0.29, 0.717) is 12.1 Å². The molecule has 1 aliphatic rings. The van der Waals surface area contributed by atoms with Crippen molar-refractivity contribution in [3.63, 3.8) is 0 Å². The van der Waals surface area contributed by atoms with Crippen LogP contribution in [0, 0.1) is 0 Å². The molecule has 4 nitrogen and oxygen atoms in total. The molecule has 0 saturated carbocycles. The second-order valence-electron chi connectivity index (χ2n) is 4.73. The Morgan fingerprint density at radius 3 is 2.82 bits per heavy atom. The zero-order chi connectivity index (χ0) is 12.1. The Labute approximate surface area is 103 Å². The number of anilines is 1. The molecule has 1 saturated heterocycles. The summed E-state index contributed by atoms with van der Waals surface area (Å²) in [5.74, 6) is 1.61. The number of nitrogens with zero attached hydrogens (tertiary/aromatic N) is 1. The maximum Gasteiger partial charge on any atom is 0.215 e. The summed E-state index contributed by atoms with van der Waals surface area (Å²) in [5.41, 5.74) is 0. The monoisotopic (exact) mass is 235 g/mol. The Bertz CT molecular complexity index is 348. The first kappa shape index (κ1) is 12.2. The third-order valence-corrected chi connectivity index (χ3v) is 2.73. The molecule has 0 spiro atoms. The van der Waals surface area contributed by atoms with Gasteiger partial charge in [-0.2, -0.15) is 4.98 Å². The molecule has 1 aromatic rings. The smallest absolute Gasteiger partial charge is 0.215 e. The van der Waals surface area contributed by atoms with Crippen molar-refractivity contribution in [3.8, 4) is 5.88 Å². The number of hydrogen-bond acceptors (Lipinski definition) is 4. The molecule has 1 aromatic heterocycles. The molecule has 2 heterocycles. The van der Waals surface area contributed by atoms with Gasteiger partial charge < -0.3 is 15.4 Å². The van der Waals surface area contributed by atoms with Gasteiger partial charge in [-0.3, -0.25) is 0 Å². The van der Waals surface area contributed by atoms with Crippen molar-refractivity contribution < 1.29 is 4.74 Å². The van der Waals surface area contributed by atoms with Crippen molar-refractivity contribution in [1.29, 1.82) is 0 Å². The molecule has 4 heteroatoms. The van der Waals surface area contributed by atoms with E-state index in [1.54, 1.807) is 0 Å². The molecule has 1 fully saturated rings. The summed E-state index contributed by atoms with van der Waals surface area (Å²) in [4.78, 5) is 4.45. The molecule has 0 aromatic carbocycles. The van der Waals surface area contributed by atoms with Crippen LogP contribution < -0.4 is 15.4 Å². The largest absolute Gasteiger partial charge is 0.474 e. The van der Waals surface area contributed by atoms with E-state index in [-0.39, 0.29) is 0 Å². The summed E-state index contributed by atoms with van der Waals surface area (Å²) in [6.45, 7) is 6.27. The van der Waals surface area contributed by atoms with Gasteiger partial charge in [0, 0.05) is 12.1 Å². The normalized spacial score (nSPS) is 17.1. The first-order valence-corrected chi connectivity index (χ1v) is 6.35. The van der Waals surface area contributed by atoms with Crippen LogP contribution >= 0.6 is 0 Å². The number of aromatic nitrogens is 1. The molecule has 2 N–H and O–H groups in total. The van der Waals surface area contributed by atoms with E-state index in [1.807, 2.05) is 18.2 Å². The van der Waals surface area contributed by atoms with E-state index in [9.17, 15) is 0 Å². The quantitative estimate of drug-likeness (QED) is 0.838. The fourth-order valence-corrected chi connectivity index (χ4v) is 1.94. The van der Waals surface area contributed by atoms with Gasteiger partial charge in [0.15, 0.2) is 0 Å². The van der Waals surface area contributed by atoms with Crippen LogP contribution in [0.15, 0.2) is 18.2 Å². The number of hydrogen-bond donors (Lipinski definition) is 2. The predicted octanol–water partition coefficient (Wildman–Crippen LogP) is 2.03. The maximum atomic E-state index is 5.89. The summed E-state index contributed by atoms with van der Waals surface area (Å²) in [6, 6.07) is 6.26. The molecule has 0 aliphatic carbocycles. The molecule has 0 atom stereocenters. The first-order valence-electron chi connectivity index (χ1n) is 6.35. The summed E-state index contributed by atoms with van der Waals surface area (Å²) < 4.78 is 5.89. The van der Waals surface area contributed by atoms with Crippen molar-refractivity contribution in [2.75, 3.05) is 18.4 Å². The van der Waals surface area contributed by atoms with Gasteiger partial charge in [0.1, 0.15) is 11.9 Å². The lowest BCUT2D eigenvalue weighted by molar-refractivity contribution is 0.156. The summed E-state index contributed by atoms with van der Waals surface area (Å²) in [7, 11) is 0. The molecule has 17 heavy (non-hydrogen) atoms. The van der Waals surface area contributed by atoms with Crippen molar-refractivity contribution in [3.05, 3.63) is 18.2 Å².